The van der Waals surface area contributed by atoms with Gasteiger partial charge in [-0.2, -0.15) is 0 Å². The van der Waals surface area contributed by atoms with E-state index < -0.39 is 6.09 Å². The highest BCUT2D eigenvalue weighted by atomic mass is 19.1. The van der Waals surface area contributed by atoms with Gasteiger partial charge in [-0.05, 0) is 24.1 Å². The number of aryl methyl sites for hydroxylation is 1. The number of ether oxygens (including phenoxy) is 1. The number of fused-ring (bicyclic) bond motifs is 1. The SMILES string of the molecule is CCCCc1nc2ccc(COC/C(=C/F)CNC(=O)O)cc2o1. The number of amides is 1. The molecule has 1 aromatic carbocycles. The molecule has 0 aliphatic rings. The second kappa shape index (κ2) is 9.02. The van der Waals surface area contributed by atoms with Crippen LogP contribution < -0.4 is 5.32 Å². The first-order chi connectivity index (χ1) is 11.6. The summed E-state index contributed by atoms with van der Waals surface area (Å²) in [5.41, 5.74) is 2.61. The fourth-order valence-corrected chi connectivity index (χ4v) is 2.15. The molecule has 1 aromatic heterocycles. The standard InChI is InChI=1S/C17H21FN2O4/c1-2-3-4-16-20-14-6-5-12(7-15(14)24-16)10-23-11-13(8-18)9-19-17(21)22/h5-8,19H,2-4,9-11H2,1H3,(H,21,22)/b13-8+. The topological polar surface area (TPSA) is 84.6 Å². The van der Waals surface area contributed by atoms with Gasteiger partial charge in [-0.25, -0.2) is 14.2 Å². The Morgan fingerprint density at radius 2 is 2.33 bits per heavy atom. The third-order valence-corrected chi connectivity index (χ3v) is 3.42. The summed E-state index contributed by atoms with van der Waals surface area (Å²) < 4.78 is 23.8. The Morgan fingerprint density at radius 1 is 1.50 bits per heavy atom. The van der Waals surface area contributed by atoms with Crippen molar-refractivity contribution in [1.82, 2.24) is 10.3 Å². The fraction of sp³-hybridized carbons (Fsp3) is 0.412. The summed E-state index contributed by atoms with van der Waals surface area (Å²) in [6.45, 7) is 2.29. The third-order valence-electron chi connectivity index (χ3n) is 3.42. The van der Waals surface area contributed by atoms with Crippen LogP contribution in [-0.2, 0) is 17.8 Å². The molecule has 0 saturated carbocycles. The Bertz CT molecular complexity index is 712. The summed E-state index contributed by atoms with van der Waals surface area (Å²) in [4.78, 5) is 14.8. The first kappa shape index (κ1) is 17.9. The molecular formula is C17H21FN2O4. The van der Waals surface area contributed by atoms with E-state index in [0.29, 0.717) is 11.9 Å². The van der Waals surface area contributed by atoms with E-state index >= 15 is 0 Å². The number of nitrogens with zero attached hydrogens (tertiary/aromatic N) is 1. The molecule has 0 aliphatic heterocycles. The van der Waals surface area contributed by atoms with Crippen LogP contribution in [-0.4, -0.2) is 29.3 Å². The number of oxazole rings is 1. The van der Waals surface area contributed by atoms with E-state index in [-0.39, 0.29) is 25.3 Å². The van der Waals surface area contributed by atoms with Crippen LogP contribution in [0.3, 0.4) is 0 Å². The number of rotatable bonds is 9. The first-order valence-electron chi connectivity index (χ1n) is 7.83. The average molecular weight is 336 g/mol. The van der Waals surface area contributed by atoms with Crippen molar-refractivity contribution < 1.29 is 23.4 Å². The largest absolute Gasteiger partial charge is 0.465 e. The molecule has 24 heavy (non-hydrogen) atoms. The van der Waals surface area contributed by atoms with Gasteiger partial charge < -0.3 is 19.6 Å². The number of benzene rings is 1. The fourth-order valence-electron chi connectivity index (χ4n) is 2.15. The van der Waals surface area contributed by atoms with Crippen LogP contribution in [0.25, 0.3) is 11.1 Å². The Labute approximate surface area is 139 Å². The lowest BCUT2D eigenvalue weighted by Crippen LogP contribution is -2.24. The van der Waals surface area contributed by atoms with E-state index in [2.05, 4.69) is 17.2 Å². The lowest BCUT2D eigenvalue weighted by atomic mass is 10.2. The van der Waals surface area contributed by atoms with Gasteiger partial charge in [0.15, 0.2) is 11.5 Å². The van der Waals surface area contributed by atoms with Crippen molar-refractivity contribution >= 4 is 17.2 Å². The number of nitrogens with one attached hydrogen (secondary N) is 1. The molecule has 0 atom stereocenters. The minimum absolute atomic E-state index is 0.00692. The number of hydrogen-bond acceptors (Lipinski definition) is 4. The van der Waals surface area contributed by atoms with Gasteiger partial charge in [-0.1, -0.05) is 19.4 Å². The summed E-state index contributed by atoms with van der Waals surface area (Å²) in [6.07, 6.45) is 2.09. The highest BCUT2D eigenvalue weighted by Crippen LogP contribution is 2.19. The average Bonchev–Trinajstić information content (AvgIpc) is 2.97. The molecular weight excluding hydrogens is 315 g/mol. The molecule has 130 valence electrons. The maximum atomic E-state index is 12.6. The minimum Gasteiger partial charge on any atom is -0.465 e. The molecule has 2 rings (SSSR count). The number of unbranched alkanes of at least 4 members (excludes halogenated alkanes) is 1. The van der Waals surface area contributed by atoms with E-state index in [1.54, 1.807) is 0 Å². The molecule has 7 heteroatoms. The van der Waals surface area contributed by atoms with Crippen LogP contribution in [0.2, 0.25) is 0 Å². The molecule has 0 fully saturated rings. The summed E-state index contributed by atoms with van der Waals surface area (Å²) in [5, 5.41) is 10.6. The normalized spacial score (nSPS) is 11.8. The Kier molecular flexibility index (Phi) is 6.74. The Hall–Kier alpha value is -2.41. The molecule has 0 aliphatic carbocycles. The van der Waals surface area contributed by atoms with Gasteiger partial charge >= 0.3 is 6.09 Å². The summed E-state index contributed by atoms with van der Waals surface area (Å²) in [5.74, 6) is 0.729. The van der Waals surface area contributed by atoms with Crippen molar-refractivity contribution in [3.05, 3.63) is 41.6 Å². The molecule has 0 spiro atoms. The molecule has 0 saturated heterocycles. The number of halogens is 1. The Morgan fingerprint density at radius 3 is 3.04 bits per heavy atom. The zero-order valence-corrected chi connectivity index (χ0v) is 13.5. The van der Waals surface area contributed by atoms with Crippen molar-refractivity contribution in [2.75, 3.05) is 13.2 Å². The van der Waals surface area contributed by atoms with Gasteiger partial charge in [-0.3, -0.25) is 0 Å². The smallest absolute Gasteiger partial charge is 0.404 e. The molecule has 0 radical (unpaired) electrons. The van der Waals surface area contributed by atoms with Crippen LogP contribution in [0.15, 0.2) is 34.5 Å². The van der Waals surface area contributed by atoms with Gasteiger partial charge in [0.25, 0.3) is 0 Å². The van der Waals surface area contributed by atoms with Gasteiger partial charge in [0.05, 0.1) is 19.5 Å². The van der Waals surface area contributed by atoms with Gasteiger partial charge in [0, 0.05) is 18.5 Å². The molecule has 1 amide bonds. The van der Waals surface area contributed by atoms with Gasteiger partial charge in [0.1, 0.15) is 5.52 Å². The van der Waals surface area contributed by atoms with Crippen LogP contribution in [0.5, 0.6) is 0 Å². The van der Waals surface area contributed by atoms with Crippen molar-refractivity contribution in [2.24, 2.45) is 0 Å². The zero-order chi connectivity index (χ0) is 17.4. The lowest BCUT2D eigenvalue weighted by Gasteiger charge is -2.07. The van der Waals surface area contributed by atoms with Gasteiger partial charge in [0.2, 0.25) is 0 Å². The monoisotopic (exact) mass is 336 g/mol. The predicted molar refractivity (Wildman–Crippen MR) is 87.5 cm³/mol. The van der Waals surface area contributed by atoms with Crippen LogP contribution in [0.4, 0.5) is 9.18 Å². The van der Waals surface area contributed by atoms with E-state index in [9.17, 15) is 9.18 Å². The second-order valence-corrected chi connectivity index (χ2v) is 5.43. The molecule has 1 heterocycles. The van der Waals surface area contributed by atoms with E-state index in [0.717, 1.165) is 36.2 Å². The first-order valence-corrected chi connectivity index (χ1v) is 7.83. The maximum Gasteiger partial charge on any atom is 0.404 e. The third kappa shape index (κ3) is 5.34. The molecule has 0 unspecified atom stereocenters. The summed E-state index contributed by atoms with van der Waals surface area (Å²) in [6, 6.07) is 5.60. The number of hydrogen-bond donors (Lipinski definition) is 2. The predicted octanol–water partition coefficient (Wildman–Crippen LogP) is 3.81. The summed E-state index contributed by atoms with van der Waals surface area (Å²) >= 11 is 0. The van der Waals surface area contributed by atoms with E-state index in [1.807, 2.05) is 18.2 Å². The van der Waals surface area contributed by atoms with E-state index in [4.69, 9.17) is 14.3 Å². The van der Waals surface area contributed by atoms with Crippen LogP contribution in [0, 0.1) is 0 Å². The van der Waals surface area contributed by atoms with E-state index in [1.165, 1.54) is 0 Å². The number of carbonyl (C=O) groups is 1. The highest BCUT2D eigenvalue weighted by Gasteiger charge is 2.07. The number of carboxylic acid groups (broad SMARTS) is 1. The Balaban J connectivity index is 1.89. The summed E-state index contributed by atoms with van der Waals surface area (Å²) in [7, 11) is 0. The molecule has 2 aromatic rings. The van der Waals surface area contributed by atoms with Crippen molar-refractivity contribution in [2.45, 2.75) is 32.8 Å². The van der Waals surface area contributed by atoms with Crippen molar-refractivity contribution in [3.8, 4) is 0 Å². The molecule has 2 N–H and O–H groups in total. The second-order valence-electron chi connectivity index (χ2n) is 5.43. The molecule has 6 nitrogen and oxygen atoms in total. The van der Waals surface area contributed by atoms with Crippen LogP contribution in [0.1, 0.15) is 31.2 Å². The zero-order valence-electron chi connectivity index (χ0n) is 13.5. The van der Waals surface area contributed by atoms with Gasteiger partial charge in [-0.15, -0.1) is 0 Å². The minimum atomic E-state index is -1.20. The number of aromatic nitrogens is 1. The highest BCUT2D eigenvalue weighted by molar-refractivity contribution is 5.73. The van der Waals surface area contributed by atoms with Crippen LogP contribution >= 0.6 is 0 Å². The maximum absolute atomic E-state index is 12.6. The van der Waals surface area contributed by atoms with Crippen molar-refractivity contribution in [1.29, 1.82) is 0 Å². The lowest BCUT2D eigenvalue weighted by molar-refractivity contribution is 0.140. The van der Waals surface area contributed by atoms with Crippen molar-refractivity contribution in [3.63, 3.8) is 0 Å². The quantitative estimate of drug-likeness (QED) is 0.727. The molecule has 0 bridgehead atoms.